The van der Waals surface area contributed by atoms with Gasteiger partial charge in [-0.3, -0.25) is 4.79 Å². The molecule has 2 aromatic rings. The zero-order chi connectivity index (χ0) is 17.2. The lowest BCUT2D eigenvalue weighted by Crippen LogP contribution is -2.27. The lowest BCUT2D eigenvalue weighted by Gasteiger charge is -2.06. The van der Waals surface area contributed by atoms with Crippen LogP contribution in [-0.2, 0) is 22.6 Å². The Balaban J connectivity index is 1.67. The Bertz CT molecular complexity index is 690. The molecule has 126 valence electrons. The largest absolute Gasteiger partial charge is 0.384 e. The molecule has 6 heteroatoms. The summed E-state index contributed by atoms with van der Waals surface area (Å²) in [6.07, 6.45) is 1.29. The van der Waals surface area contributed by atoms with Crippen LogP contribution in [0.2, 0.25) is 0 Å². The van der Waals surface area contributed by atoms with Gasteiger partial charge in [0.1, 0.15) is 11.7 Å². The molecule has 0 saturated carbocycles. The van der Waals surface area contributed by atoms with E-state index in [0.29, 0.717) is 17.8 Å². The fraction of sp³-hybridized carbons (Fsp3) is 0.222. The normalized spacial score (nSPS) is 11.1. The third-order valence-corrected chi connectivity index (χ3v) is 3.32. The Morgan fingerprint density at radius 2 is 1.83 bits per heavy atom. The molecule has 5 nitrogen and oxygen atoms in total. The van der Waals surface area contributed by atoms with Crippen LogP contribution >= 0.6 is 0 Å². The van der Waals surface area contributed by atoms with E-state index >= 15 is 0 Å². The number of nitrogens with zero attached hydrogens (tertiary/aromatic N) is 1. The monoisotopic (exact) mass is 329 g/mol. The molecule has 0 fully saturated rings. The molecule has 0 aliphatic carbocycles. The number of carbonyl (C=O) groups is 1. The van der Waals surface area contributed by atoms with E-state index < -0.39 is 5.91 Å². The minimum Gasteiger partial charge on any atom is -0.384 e. The number of benzene rings is 2. The number of nitrogens with one attached hydrogen (secondary N) is 1. The number of carbonyl (C=O) groups excluding carboxylic acids is 1. The summed E-state index contributed by atoms with van der Waals surface area (Å²) in [7, 11) is 0. The predicted octanol–water partition coefficient (Wildman–Crippen LogP) is 2.36. The van der Waals surface area contributed by atoms with Crippen LogP contribution in [0.25, 0.3) is 0 Å². The van der Waals surface area contributed by atoms with Crippen LogP contribution in [0, 0.1) is 5.82 Å². The van der Waals surface area contributed by atoms with Crippen LogP contribution in [0.3, 0.4) is 0 Å². The van der Waals surface area contributed by atoms with E-state index in [0.717, 1.165) is 12.0 Å². The molecule has 3 N–H and O–H groups in total. The summed E-state index contributed by atoms with van der Waals surface area (Å²) in [5.41, 5.74) is 7.30. The molecule has 2 rings (SSSR count). The standard InChI is InChI=1S/C18H20FN3O2/c19-16-9-5-4-8-15(16)12-21-18(23)13-24-22-17(20)11-10-14-6-2-1-3-7-14/h1-9H,10-13H2,(H2,20,22)(H,21,23). The zero-order valence-corrected chi connectivity index (χ0v) is 13.2. The Labute approximate surface area is 140 Å². The van der Waals surface area contributed by atoms with Crippen molar-refractivity contribution in [2.24, 2.45) is 10.9 Å². The van der Waals surface area contributed by atoms with Gasteiger partial charge in [0.15, 0.2) is 6.61 Å². The highest BCUT2D eigenvalue weighted by Gasteiger charge is 2.05. The van der Waals surface area contributed by atoms with Gasteiger partial charge in [0, 0.05) is 18.5 Å². The first kappa shape index (κ1) is 17.5. The van der Waals surface area contributed by atoms with Crippen molar-refractivity contribution in [1.82, 2.24) is 5.32 Å². The van der Waals surface area contributed by atoms with Crippen LogP contribution in [0.5, 0.6) is 0 Å². The highest BCUT2D eigenvalue weighted by molar-refractivity contribution is 5.80. The van der Waals surface area contributed by atoms with Gasteiger partial charge < -0.3 is 15.9 Å². The average Bonchev–Trinajstić information content (AvgIpc) is 2.60. The topological polar surface area (TPSA) is 76.7 Å². The number of nitrogens with two attached hydrogens (primary N) is 1. The lowest BCUT2D eigenvalue weighted by atomic mass is 10.1. The number of hydrogen-bond acceptors (Lipinski definition) is 3. The molecule has 0 heterocycles. The summed E-state index contributed by atoms with van der Waals surface area (Å²) < 4.78 is 13.4. The summed E-state index contributed by atoms with van der Waals surface area (Å²) in [6, 6.07) is 16.1. The zero-order valence-electron chi connectivity index (χ0n) is 13.2. The Morgan fingerprint density at radius 1 is 1.12 bits per heavy atom. The first-order chi connectivity index (χ1) is 11.6. The molecule has 0 aromatic heterocycles. The van der Waals surface area contributed by atoms with Crippen molar-refractivity contribution in [1.29, 1.82) is 0 Å². The smallest absolute Gasteiger partial charge is 0.261 e. The summed E-state index contributed by atoms with van der Waals surface area (Å²) in [6.45, 7) is -0.164. The molecule has 24 heavy (non-hydrogen) atoms. The molecule has 0 unspecified atom stereocenters. The van der Waals surface area contributed by atoms with E-state index in [9.17, 15) is 9.18 Å². The van der Waals surface area contributed by atoms with E-state index in [-0.39, 0.29) is 19.0 Å². The third kappa shape index (κ3) is 6.08. The highest BCUT2D eigenvalue weighted by atomic mass is 19.1. The van der Waals surface area contributed by atoms with Crippen molar-refractivity contribution in [3.63, 3.8) is 0 Å². The first-order valence-corrected chi connectivity index (χ1v) is 7.63. The molecule has 2 aromatic carbocycles. The molecule has 0 spiro atoms. The summed E-state index contributed by atoms with van der Waals surface area (Å²) >= 11 is 0. The van der Waals surface area contributed by atoms with Crippen LogP contribution in [0.4, 0.5) is 4.39 Å². The molecule has 0 radical (unpaired) electrons. The highest BCUT2D eigenvalue weighted by Crippen LogP contribution is 2.05. The van der Waals surface area contributed by atoms with Crippen molar-refractivity contribution in [2.45, 2.75) is 19.4 Å². The molecular formula is C18H20FN3O2. The van der Waals surface area contributed by atoms with Crippen molar-refractivity contribution < 1.29 is 14.0 Å². The SMILES string of the molecule is N/C(CCc1ccccc1)=N\OCC(=O)NCc1ccccc1F. The fourth-order valence-electron chi connectivity index (χ4n) is 2.02. The maximum absolute atomic E-state index is 13.4. The van der Waals surface area contributed by atoms with Gasteiger partial charge in [-0.2, -0.15) is 0 Å². The number of amidine groups is 1. The minimum absolute atomic E-state index is 0.0993. The predicted molar refractivity (Wildman–Crippen MR) is 90.6 cm³/mol. The molecule has 0 atom stereocenters. The van der Waals surface area contributed by atoms with Crippen molar-refractivity contribution in [2.75, 3.05) is 6.61 Å². The number of rotatable bonds is 8. The second kappa shape index (κ2) is 9.29. The third-order valence-electron chi connectivity index (χ3n) is 3.32. The van der Waals surface area contributed by atoms with Crippen LogP contribution in [0.1, 0.15) is 17.5 Å². The summed E-state index contributed by atoms with van der Waals surface area (Å²) in [4.78, 5) is 16.5. The van der Waals surface area contributed by atoms with Crippen molar-refractivity contribution in [3.8, 4) is 0 Å². The van der Waals surface area contributed by atoms with Crippen molar-refractivity contribution in [3.05, 3.63) is 71.5 Å². The second-order valence-corrected chi connectivity index (χ2v) is 5.21. The molecule has 0 saturated heterocycles. The maximum atomic E-state index is 13.4. The second-order valence-electron chi connectivity index (χ2n) is 5.21. The first-order valence-electron chi connectivity index (χ1n) is 7.63. The number of oxime groups is 1. The molecule has 0 bridgehead atoms. The van der Waals surface area contributed by atoms with Gasteiger partial charge in [0.25, 0.3) is 5.91 Å². The minimum atomic E-state index is -0.391. The van der Waals surface area contributed by atoms with E-state index in [1.54, 1.807) is 18.2 Å². The number of hydrogen-bond donors (Lipinski definition) is 2. The molecule has 1 amide bonds. The van der Waals surface area contributed by atoms with Crippen LogP contribution in [-0.4, -0.2) is 18.3 Å². The van der Waals surface area contributed by atoms with Gasteiger partial charge in [0.2, 0.25) is 0 Å². The van der Waals surface area contributed by atoms with Crippen molar-refractivity contribution >= 4 is 11.7 Å². The van der Waals surface area contributed by atoms with Crippen LogP contribution in [0.15, 0.2) is 59.8 Å². The fourth-order valence-corrected chi connectivity index (χ4v) is 2.02. The van der Waals surface area contributed by atoms with Gasteiger partial charge in [0.05, 0.1) is 0 Å². The van der Waals surface area contributed by atoms with E-state index in [1.807, 2.05) is 30.3 Å². The maximum Gasteiger partial charge on any atom is 0.261 e. The summed E-state index contributed by atoms with van der Waals surface area (Å²) in [5, 5.41) is 6.27. The van der Waals surface area contributed by atoms with Crippen LogP contribution < -0.4 is 11.1 Å². The number of halogens is 1. The Kier molecular flexibility index (Phi) is 6.76. The van der Waals surface area contributed by atoms with E-state index in [4.69, 9.17) is 10.6 Å². The van der Waals surface area contributed by atoms with Gasteiger partial charge >= 0.3 is 0 Å². The van der Waals surface area contributed by atoms with E-state index in [1.165, 1.54) is 6.07 Å². The molecule has 0 aliphatic rings. The summed E-state index contributed by atoms with van der Waals surface area (Å²) in [5.74, 6) is -0.430. The number of aryl methyl sites for hydroxylation is 1. The van der Waals surface area contributed by atoms with Gasteiger partial charge in [-0.1, -0.05) is 53.7 Å². The van der Waals surface area contributed by atoms with Gasteiger partial charge in [-0.15, -0.1) is 0 Å². The lowest BCUT2D eigenvalue weighted by molar-refractivity contribution is -0.125. The number of amides is 1. The Morgan fingerprint density at radius 3 is 2.58 bits per heavy atom. The Hall–Kier alpha value is -2.89. The van der Waals surface area contributed by atoms with E-state index in [2.05, 4.69) is 10.5 Å². The molecule has 0 aliphatic heterocycles. The quantitative estimate of drug-likeness (QED) is 0.443. The van der Waals surface area contributed by atoms with Gasteiger partial charge in [-0.05, 0) is 18.1 Å². The van der Waals surface area contributed by atoms with Gasteiger partial charge in [-0.25, -0.2) is 4.39 Å². The molecular weight excluding hydrogens is 309 g/mol. The average molecular weight is 329 g/mol.